The van der Waals surface area contributed by atoms with Gasteiger partial charge in [0.25, 0.3) is 0 Å². The van der Waals surface area contributed by atoms with Crippen molar-refractivity contribution in [2.75, 3.05) is 13.1 Å². The molecule has 1 unspecified atom stereocenters. The lowest BCUT2D eigenvalue weighted by Gasteiger charge is -2.31. The molecule has 2 rings (SSSR count). The Balaban J connectivity index is 1.78. The standard InChI is InChI=1S/C11H18N4O/c1-8(10-5-12-6-10)11(16)13-3-9-4-14-15(2)7-9/h4,7-8,10,12H,3,5-6H2,1-2H3,(H,13,16). The maximum atomic E-state index is 11.8. The molecule has 1 aliphatic rings. The molecule has 0 spiro atoms. The highest BCUT2D eigenvalue weighted by Crippen LogP contribution is 2.15. The third kappa shape index (κ3) is 2.41. The van der Waals surface area contributed by atoms with Crippen LogP contribution in [0.25, 0.3) is 0 Å². The molecule has 0 aromatic carbocycles. The van der Waals surface area contributed by atoms with E-state index in [2.05, 4.69) is 15.7 Å². The van der Waals surface area contributed by atoms with Crippen LogP contribution in [-0.2, 0) is 18.4 Å². The van der Waals surface area contributed by atoms with Gasteiger partial charge in [-0.15, -0.1) is 0 Å². The first kappa shape index (κ1) is 11.1. The van der Waals surface area contributed by atoms with Crippen LogP contribution in [0.5, 0.6) is 0 Å². The highest BCUT2D eigenvalue weighted by Gasteiger charge is 2.28. The molecule has 5 heteroatoms. The van der Waals surface area contributed by atoms with Crippen LogP contribution in [-0.4, -0.2) is 28.8 Å². The number of hydrogen-bond donors (Lipinski definition) is 2. The fraction of sp³-hybridized carbons (Fsp3) is 0.636. The van der Waals surface area contributed by atoms with Gasteiger partial charge in [0, 0.05) is 31.3 Å². The average Bonchev–Trinajstić information content (AvgIpc) is 2.58. The van der Waals surface area contributed by atoms with E-state index in [9.17, 15) is 4.79 Å². The SMILES string of the molecule is CC(C(=O)NCc1cnn(C)c1)C1CNC1. The number of carbonyl (C=O) groups is 1. The van der Waals surface area contributed by atoms with Gasteiger partial charge in [-0.05, 0) is 19.0 Å². The van der Waals surface area contributed by atoms with E-state index >= 15 is 0 Å². The maximum Gasteiger partial charge on any atom is 0.223 e. The van der Waals surface area contributed by atoms with Crippen molar-refractivity contribution in [1.82, 2.24) is 20.4 Å². The van der Waals surface area contributed by atoms with Crippen molar-refractivity contribution in [2.45, 2.75) is 13.5 Å². The zero-order chi connectivity index (χ0) is 11.5. The molecule has 5 nitrogen and oxygen atoms in total. The van der Waals surface area contributed by atoms with E-state index in [1.165, 1.54) is 0 Å². The summed E-state index contributed by atoms with van der Waals surface area (Å²) in [5.74, 6) is 0.724. The van der Waals surface area contributed by atoms with Crippen LogP contribution in [0.3, 0.4) is 0 Å². The Hall–Kier alpha value is -1.36. The summed E-state index contributed by atoms with van der Waals surface area (Å²) in [6, 6.07) is 0. The van der Waals surface area contributed by atoms with Gasteiger partial charge in [0.15, 0.2) is 0 Å². The summed E-state index contributed by atoms with van der Waals surface area (Å²) in [5.41, 5.74) is 1.04. The molecule has 1 aliphatic heterocycles. The Kier molecular flexibility index (Phi) is 3.24. The van der Waals surface area contributed by atoms with Crippen molar-refractivity contribution in [3.05, 3.63) is 18.0 Å². The van der Waals surface area contributed by atoms with E-state index < -0.39 is 0 Å². The van der Waals surface area contributed by atoms with Gasteiger partial charge in [-0.1, -0.05) is 6.92 Å². The molecule has 2 heterocycles. The summed E-state index contributed by atoms with van der Waals surface area (Å²) >= 11 is 0. The number of aromatic nitrogens is 2. The zero-order valence-corrected chi connectivity index (χ0v) is 9.73. The summed E-state index contributed by atoms with van der Waals surface area (Å²) in [5, 5.41) is 10.2. The highest BCUT2D eigenvalue weighted by molar-refractivity contribution is 5.78. The zero-order valence-electron chi connectivity index (χ0n) is 9.73. The molecule has 1 fully saturated rings. The van der Waals surface area contributed by atoms with Crippen LogP contribution in [0, 0.1) is 11.8 Å². The normalized spacial score (nSPS) is 17.9. The second kappa shape index (κ2) is 4.65. The van der Waals surface area contributed by atoms with E-state index in [0.29, 0.717) is 12.5 Å². The molecule has 1 amide bonds. The lowest BCUT2D eigenvalue weighted by molar-refractivity contribution is -0.126. The lowest BCUT2D eigenvalue weighted by Crippen LogP contribution is -2.49. The first-order valence-electron chi connectivity index (χ1n) is 5.63. The number of aryl methyl sites for hydroxylation is 1. The van der Waals surface area contributed by atoms with Crippen LogP contribution < -0.4 is 10.6 Å². The Labute approximate surface area is 95.2 Å². The molecule has 2 N–H and O–H groups in total. The first-order valence-corrected chi connectivity index (χ1v) is 5.63. The van der Waals surface area contributed by atoms with E-state index in [1.54, 1.807) is 10.9 Å². The van der Waals surface area contributed by atoms with E-state index in [1.807, 2.05) is 20.2 Å². The van der Waals surface area contributed by atoms with Gasteiger partial charge in [0.1, 0.15) is 0 Å². The second-order valence-corrected chi connectivity index (χ2v) is 4.45. The summed E-state index contributed by atoms with van der Waals surface area (Å²) in [6.45, 7) is 4.48. The third-order valence-corrected chi connectivity index (χ3v) is 3.16. The molecule has 1 saturated heterocycles. The predicted octanol–water partition coefficient (Wildman–Crippen LogP) is -0.108. The fourth-order valence-electron chi connectivity index (χ4n) is 1.79. The second-order valence-electron chi connectivity index (χ2n) is 4.45. The highest BCUT2D eigenvalue weighted by atomic mass is 16.1. The van der Waals surface area contributed by atoms with Gasteiger partial charge in [0.2, 0.25) is 5.91 Å². The maximum absolute atomic E-state index is 11.8. The number of amides is 1. The van der Waals surface area contributed by atoms with Gasteiger partial charge in [-0.2, -0.15) is 5.10 Å². The van der Waals surface area contributed by atoms with E-state index in [0.717, 1.165) is 18.7 Å². The van der Waals surface area contributed by atoms with Gasteiger partial charge >= 0.3 is 0 Å². The van der Waals surface area contributed by atoms with Gasteiger partial charge in [-0.25, -0.2) is 0 Å². The van der Waals surface area contributed by atoms with Crippen molar-refractivity contribution >= 4 is 5.91 Å². The predicted molar refractivity (Wildman–Crippen MR) is 60.6 cm³/mol. The third-order valence-electron chi connectivity index (χ3n) is 3.16. The molecular formula is C11H18N4O. The summed E-state index contributed by atoms with van der Waals surface area (Å²) < 4.78 is 1.74. The van der Waals surface area contributed by atoms with Crippen molar-refractivity contribution in [1.29, 1.82) is 0 Å². The largest absolute Gasteiger partial charge is 0.352 e. The Bertz CT molecular complexity index is 370. The Morgan fingerprint density at radius 3 is 3.00 bits per heavy atom. The smallest absolute Gasteiger partial charge is 0.223 e. The number of rotatable bonds is 4. The van der Waals surface area contributed by atoms with Crippen LogP contribution in [0.2, 0.25) is 0 Å². The molecule has 1 aromatic heterocycles. The van der Waals surface area contributed by atoms with Crippen LogP contribution >= 0.6 is 0 Å². The minimum atomic E-state index is 0.0953. The quantitative estimate of drug-likeness (QED) is 0.747. The number of nitrogens with zero attached hydrogens (tertiary/aromatic N) is 2. The number of nitrogens with one attached hydrogen (secondary N) is 2. The molecule has 0 saturated carbocycles. The monoisotopic (exact) mass is 222 g/mol. The molecule has 0 radical (unpaired) electrons. The van der Waals surface area contributed by atoms with Crippen LogP contribution in [0.15, 0.2) is 12.4 Å². The molecule has 1 aromatic rings. The lowest BCUT2D eigenvalue weighted by atomic mass is 9.88. The van der Waals surface area contributed by atoms with Crippen molar-refractivity contribution in [3.8, 4) is 0 Å². The van der Waals surface area contributed by atoms with Crippen molar-refractivity contribution in [2.24, 2.45) is 18.9 Å². The average molecular weight is 222 g/mol. The minimum absolute atomic E-state index is 0.0953. The molecule has 0 aliphatic carbocycles. The molecule has 1 atom stereocenters. The Morgan fingerprint density at radius 1 is 1.75 bits per heavy atom. The number of hydrogen-bond acceptors (Lipinski definition) is 3. The minimum Gasteiger partial charge on any atom is -0.352 e. The Morgan fingerprint density at radius 2 is 2.50 bits per heavy atom. The van der Waals surface area contributed by atoms with Crippen LogP contribution in [0.4, 0.5) is 0 Å². The summed E-state index contributed by atoms with van der Waals surface area (Å²) in [4.78, 5) is 11.8. The van der Waals surface area contributed by atoms with E-state index in [-0.39, 0.29) is 11.8 Å². The van der Waals surface area contributed by atoms with Crippen molar-refractivity contribution < 1.29 is 4.79 Å². The summed E-state index contributed by atoms with van der Waals surface area (Å²) in [6.07, 6.45) is 3.69. The van der Waals surface area contributed by atoms with Gasteiger partial charge < -0.3 is 10.6 Å². The van der Waals surface area contributed by atoms with E-state index in [4.69, 9.17) is 0 Å². The summed E-state index contributed by atoms with van der Waals surface area (Å²) in [7, 11) is 1.87. The molecular weight excluding hydrogens is 204 g/mol. The van der Waals surface area contributed by atoms with Crippen molar-refractivity contribution in [3.63, 3.8) is 0 Å². The fourth-order valence-corrected chi connectivity index (χ4v) is 1.79. The van der Waals surface area contributed by atoms with Gasteiger partial charge in [-0.3, -0.25) is 9.48 Å². The van der Waals surface area contributed by atoms with Crippen LogP contribution in [0.1, 0.15) is 12.5 Å². The topological polar surface area (TPSA) is 59.0 Å². The number of carbonyl (C=O) groups excluding carboxylic acids is 1. The molecule has 88 valence electrons. The first-order chi connectivity index (χ1) is 7.66. The molecule has 16 heavy (non-hydrogen) atoms. The molecule has 0 bridgehead atoms. The van der Waals surface area contributed by atoms with Gasteiger partial charge in [0.05, 0.1) is 6.20 Å².